The molecule has 0 saturated heterocycles. The summed E-state index contributed by atoms with van der Waals surface area (Å²) in [6.45, 7) is 0.0864. The summed E-state index contributed by atoms with van der Waals surface area (Å²) in [5.41, 5.74) is 1.67. The maximum absolute atomic E-state index is 12.3. The van der Waals surface area contributed by atoms with Crippen LogP contribution < -0.4 is 0 Å². The zero-order chi connectivity index (χ0) is 17.4. The number of aromatic nitrogens is 1. The minimum atomic E-state index is -0.335. The van der Waals surface area contributed by atoms with E-state index in [2.05, 4.69) is 4.98 Å². The highest BCUT2D eigenvalue weighted by molar-refractivity contribution is 8.15. The van der Waals surface area contributed by atoms with E-state index >= 15 is 0 Å². The van der Waals surface area contributed by atoms with Crippen LogP contribution in [0.4, 0.5) is 0 Å². The molecule has 2 heterocycles. The second-order valence-electron chi connectivity index (χ2n) is 5.48. The molecule has 0 fully saturated rings. The lowest BCUT2D eigenvalue weighted by molar-refractivity contribution is -0.111. The van der Waals surface area contributed by atoms with Gasteiger partial charge in [-0.1, -0.05) is 24.3 Å². The molecule has 25 heavy (non-hydrogen) atoms. The fraction of sp³-hybridized carbons (Fsp3) is 0.111. The monoisotopic (exact) mass is 368 g/mol. The molecule has 0 unspecified atom stereocenters. The zero-order valence-electron chi connectivity index (χ0n) is 13.0. The van der Waals surface area contributed by atoms with E-state index in [4.69, 9.17) is 0 Å². The first kappa shape index (κ1) is 16.0. The lowest BCUT2D eigenvalue weighted by Crippen LogP contribution is -2.31. The number of imide groups is 1. The number of fused-ring (bicyclic) bond motifs is 2. The quantitative estimate of drug-likeness (QED) is 0.520. The average molecular weight is 368 g/mol. The fourth-order valence-electron chi connectivity index (χ4n) is 2.69. The maximum Gasteiger partial charge on any atom is 0.261 e. The van der Waals surface area contributed by atoms with Crippen LogP contribution in [0, 0.1) is 0 Å². The van der Waals surface area contributed by atoms with Crippen LogP contribution in [0.3, 0.4) is 0 Å². The van der Waals surface area contributed by atoms with Crippen molar-refractivity contribution in [2.45, 2.75) is 10.8 Å². The highest BCUT2D eigenvalue weighted by Gasteiger charge is 2.35. The smallest absolute Gasteiger partial charge is 0.261 e. The van der Waals surface area contributed by atoms with Crippen molar-refractivity contribution >= 4 is 50.2 Å². The first-order valence-electron chi connectivity index (χ1n) is 7.65. The number of hydrogen-bond acceptors (Lipinski definition) is 6. The Bertz CT molecular complexity index is 944. The second-order valence-corrected chi connectivity index (χ2v) is 7.81. The van der Waals surface area contributed by atoms with Gasteiger partial charge in [-0.15, -0.1) is 11.3 Å². The van der Waals surface area contributed by atoms with Crippen molar-refractivity contribution in [2.75, 3.05) is 6.54 Å². The maximum atomic E-state index is 12.3. The van der Waals surface area contributed by atoms with Crippen molar-refractivity contribution in [1.29, 1.82) is 0 Å². The van der Waals surface area contributed by atoms with E-state index in [9.17, 15) is 14.4 Å². The third kappa shape index (κ3) is 2.96. The van der Waals surface area contributed by atoms with E-state index in [-0.39, 0.29) is 29.9 Å². The Morgan fingerprint density at radius 3 is 2.32 bits per heavy atom. The minimum Gasteiger partial charge on any atom is -0.287 e. The van der Waals surface area contributed by atoms with Crippen LogP contribution in [-0.2, 0) is 4.79 Å². The summed E-state index contributed by atoms with van der Waals surface area (Å²) in [4.78, 5) is 42.3. The molecular formula is C18H12N2O3S2. The molecule has 2 aromatic carbocycles. The number of benzene rings is 2. The lowest BCUT2D eigenvalue weighted by Gasteiger charge is -2.12. The molecule has 0 spiro atoms. The van der Waals surface area contributed by atoms with Crippen LogP contribution >= 0.6 is 23.1 Å². The predicted molar refractivity (Wildman–Crippen MR) is 96.9 cm³/mol. The van der Waals surface area contributed by atoms with E-state index in [0.29, 0.717) is 15.5 Å². The summed E-state index contributed by atoms with van der Waals surface area (Å²) in [6.07, 6.45) is 0.103. The summed E-state index contributed by atoms with van der Waals surface area (Å²) >= 11 is 2.52. The summed E-state index contributed by atoms with van der Waals surface area (Å²) < 4.78 is 1.70. The SMILES string of the molecule is O=C(CCN1C(=O)c2ccccc2C1=O)Sc1nc2ccccc2s1. The largest absolute Gasteiger partial charge is 0.287 e. The molecule has 1 aliphatic heterocycles. The number of rotatable bonds is 4. The van der Waals surface area contributed by atoms with Gasteiger partial charge in [0.15, 0.2) is 9.45 Å². The van der Waals surface area contributed by atoms with Crippen LogP contribution in [0.1, 0.15) is 27.1 Å². The molecular weight excluding hydrogens is 356 g/mol. The van der Waals surface area contributed by atoms with Gasteiger partial charge < -0.3 is 0 Å². The number of carbonyl (C=O) groups excluding carboxylic acids is 3. The van der Waals surface area contributed by atoms with Gasteiger partial charge in [0.25, 0.3) is 11.8 Å². The Kier molecular flexibility index (Phi) is 4.10. The standard InChI is InChI=1S/C18H12N2O3S2/c21-15(25-18-19-13-7-3-4-8-14(13)24-18)9-10-20-16(22)11-5-1-2-6-12(11)17(20)23/h1-8H,9-10H2. The van der Waals surface area contributed by atoms with Crippen LogP contribution in [0.25, 0.3) is 10.2 Å². The van der Waals surface area contributed by atoms with Gasteiger partial charge in [-0.05, 0) is 36.0 Å². The summed E-state index contributed by atoms with van der Waals surface area (Å²) in [5, 5.41) is -0.115. The second kappa shape index (κ2) is 6.42. The Labute approximate surface area is 151 Å². The summed E-state index contributed by atoms with van der Waals surface area (Å²) in [7, 11) is 0. The highest BCUT2D eigenvalue weighted by Crippen LogP contribution is 2.30. The van der Waals surface area contributed by atoms with Gasteiger partial charge in [-0.2, -0.15) is 0 Å². The van der Waals surface area contributed by atoms with Crippen molar-refractivity contribution in [2.24, 2.45) is 0 Å². The van der Waals surface area contributed by atoms with Crippen LogP contribution in [0.2, 0.25) is 0 Å². The number of amides is 2. The number of thiazole rings is 1. The zero-order valence-corrected chi connectivity index (χ0v) is 14.6. The third-order valence-corrected chi connectivity index (χ3v) is 5.92. The van der Waals surface area contributed by atoms with Gasteiger partial charge >= 0.3 is 0 Å². The molecule has 4 rings (SSSR count). The molecule has 0 radical (unpaired) electrons. The van der Waals surface area contributed by atoms with Gasteiger partial charge in [0.05, 0.1) is 21.3 Å². The molecule has 0 atom stereocenters. The number of thioether (sulfide) groups is 1. The van der Waals surface area contributed by atoms with Gasteiger partial charge in [-0.3, -0.25) is 19.3 Å². The van der Waals surface area contributed by atoms with E-state index in [1.165, 1.54) is 11.3 Å². The van der Waals surface area contributed by atoms with Crippen LogP contribution in [-0.4, -0.2) is 33.4 Å². The van der Waals surface area contributed by atoms with Crippen molar-refractivity contribution in [1.82, 2.24) is 9.88 Å². The van der Waals surface area contributed by atoms with E-state index in [1.807, 2.05) is 24.3 Å². The highest BCUT2D eigenvalue weighted by atomic mass is 32.2. The molecule has 0 saturated carbocycles. The molecule has 7 heteroatoms. The van der Waals surface area contributed by atoms with Gasteiger partial charge in [-0.25, -0.2) is 4.98 Å². The van der Waals surface area contributed by atoms with Gasteiger partial charge in [0.2, 0.25) is 0 Å². The predicted octanol–water partition coefficient (Wildman–Crippen LogP) is 3.60. The van der Waals surface area contributed by atoms with Crippen molar-refractivity contribution in [3.05, 3.63) is 59.7 Å². The summed E-state index contributed by atoms with van der Waals surface area (Å²) in [5.74, 6) is -0.670. The first-order valence-corrected chi connectivity index (χ1v) is 9.28. The van der Waals surface area contributed by atoms with Crippen molar-refractivity contribution < 1.29 is 14.4 Å². The molecule has 124 valence electrons. The molecule has 1 aliphatic rings. The summed E-state index contributed by atoms with van der Waals surface area (Å²) in [6, 6.07) is 14.4. The van der Waals surface area contributed by atoms with E-state index < -0.39 is 0 Å². The number of carbonyl (C=O) groups is 3. The average Bonchev–Trinajstić information content (AvgIpc) is 3.13. The molecule has 0 bridgehead atoms. The Morgan fingerprint density at radius 1 is 1.00 bits per heavy atom. The van der Waals surface area contributed by atoms with E-state index in [1.54, 1.807) is 24.3 Å². The van der Waals surface area contributed by atoms with Crippen molar-refractivity contribution in [3.8, 4) is 0 Å². The van der Waals surface area contributed by atoms with E-state index in [0.717, 1.165) is 26.9 Å². The van der Waals surface area contributed by atoms with Gasteiger partial charge in [0, 0.05) is 13.0 Å². The number of para-hydroxylation sites is 1. The Balaban J connectivity index is 1.41. The Morgan fingerprint density at radius 2 is 1.64 bits per heavy atom. The van der Waals surface area contributed by atoms with Crippen LogP contribution in [0.15, 0.2) is 52.9 Å². The third-order valence-electron chi connectivity index (χ3n) is 3.89. The topological polar surface area (TPSA) is 67.3 Å². The van der Waals surface area contributed by atoms with Gasteiger partial charge in [0.1, 0.15) is 0 Å². The fourth-order valence-corrected chi connectivity index (χ4v) is 4.63. The first-order chi connectivity index (χ1) is 12.1. The lowest BCUT2D eigenvalue weighted by atomic mass is 10.1. The molecule has 0 N–H and O–H groups in total. The molecule has 1 aromatic heterocycles. The van der Waals surface area contributed by atoms with Crippen molar-refractivity contribution in [3.63, 3.8) is 0 Å². The number of nitrogens with zero attached hydrogens (tertiary/aromatic N) is 2. The molecule has 5 nitrogen and oxygen atoms in total. The van der Waals surface area contributed by atoms with Crippen LogP contribution in [0.5, 0.6) is 0 Å². The molecule has 2 amide bonds. The number of hydrogen-bond donors (Lipinski definition) is 0. The molecule has 3 aromatic rings. The molecule has 0 aliphatic carbocycles. The Hall–Kier alpha value is -2.51. The normalized spacial score (nSPS) is 13.5. The minimum absolute atomic E-state index is 0.0864.